The minimum absolute atomic E-state index is 0.376. The largest absolute Gasteiger partial charge is 0.489 e. The Balaban J connectivity index is 0.000000704. The maximum absolute atomic E-state index is 6.19. The highest BCUT2D eigenvalue weighted by molar-refractivity contribution is 6.32. The smallest absolute Gasteiger partial charge is 0.138 e. The SMILES string of the molecule is CC.Cc1ccc(OC2CC3(C2)CC(C)(C)C3)c(Cl)c1. The molecule has 0 heterocycles. The van der Waals surface area contributed by atoms with Gasteiger partial charge in [-0.05, 0) is 61.1 Å². The number of aryl methyl sites for hydroxylation is 1. The van der Waals surface area contributed by atoms with Gasteiger partial charge in [0.15, 0.2) is 0 Å². The Bertz CT molecular complexity index is 462. The quantitative estimate of drug-likeness (QED) is 0.648. The maximum Gasteiger partial charge on any atom is 0.138 e. The molecule has 1 nitrogen and oxygen atoms in total. The molecule has 0 saturated heterocycles. The molecule has 0 aliphatic heterocycles. The third kappa shape index (κ3) is 3.14. The van der Waals surface area contributed by atoms with Crippen LogP contribution in [0.3, 0.4) is 0 Å². The van der Waals surface area contributed by atoms with E-state index in [4.69, 9.17) is 16.3 Å². The van der Waals surface area contributed by atoms with Crippen LogP contribution in [0.25, 0.3) is 0 Å². The van der Waals surface area contributed by atoms with Gasteiger partial charge in [-0.1, -0.05) is 45.4 Å². The molecule has 0 aromatic heterocycles. The van der Waals surface area contributed by atoms with Crippen LogP contribution >= 0.6 is 11.6 Å². The second kappa shape index (κ2) is 5.60. The summed E-state index contributed by atoms with van der Waals surface area (Å²) in [5, 5.41) is 0.741. The molecule has 1 spiro atoms. The topological polar surface area (TPSA) is 9.23 Å². The Morgan fingerprint density at radius 2 is 1.75 bits per heavy atom. The van der Waals surface area contributed by atoms with Gasteiger partial charge >= 0.3 is 0 Å². The normalized spacial score (nSPS) is 22.3. The Kier molecular flexibility index (Phi) is 4.39. The molecule has 0 N–H and O–H groups in total. The zero-order chi connectivity index (χ0) is 15.0. The van der Waals surface area contributed by atoms with Crippen LogP contribution in [-0.2, 0) is 0 Å². The second-order valence-corrected chi connectivity index (χ2v) is 7.51. The highest BCUT2D eigenvalue weighted by Gasteiger charge is 2.56. The molecule has 2 heteroatoms. The van der Waals surface area contributed by atoms with Crippen molar-refractivity contribution < 1.29 is 4.74 Å². The Labute approximate surface area is 128 Å². The fourth-order valence-corrected chi connectivity index (χ4v) is 4.42. The van der Waals surface area contributed by atoms with E-state index >= 15 is 0 Å². The summed E-state index contributed by atoms with van der Waals surface area (Å²) in [6.07, 6.45) is 5.52. The van der Waals surface area contributed by atoms with Gasteiger partial charge in [0.05, 0.1) is 11.1 Å². The molecule has 0 unspecified atom stereocenters. The van der Waals surface area contributed by atoms with Crippen molar-refractivity contribution in [3.05, 3.63) is 28.8 Å². The van der Waals surface area contributed by atoms with Crippen LogP contribution in [0, 0.1) is 17.8 Å². The van der Waals surface area contributed by atoms with E-state index in [1.54, 1.807) is 0 Å². The molecular formula is C18H27ClO. The van der Waals surface area contributed by atoms with Crippen molar-refractivity contribution in [2.75, 3.05) is 0 Å². The molecule has 20 heavy (non-hydrogen) atoms. The highest BCUT2D eigenvalue weighted by atomic mass is 35.5. The van der Waals surface area contributed by atoms with Gasteiger partial charge in [-0.2, -0.15) is 0 Å². The molecule has 1 aromatic carbocycles. The molecule has 112 valence electrons. The van der Waals surface area contributed by atoms with Gasteiger partial charge in [-0.15, -0.1) is 0 Å². The fourth-order valence-electron chi connectivity index (χ4n) is 4.14. The number of rotatable bonds is 2. The first-order valence-electron chi connectivity index (χ1n) is 7.80. The lowest BCUT2D eigenvalue weighted by Crippen LogP contribution is -2.55. The van der Waals surface area contributed by atoms with Crippen molar-refractivity contribution in [2.45, 2.75) is 66.4 Å². The molecule has 2 fully saturated rings. The lowest BCUT2D eigenvalue weighted by Gasteiger charge is -2.61. The summed E-state index contributed by atoms with van der Waals surface area (Å²) in [6.45, 7) is 10.8. The second-order valence-electron chi connectivity index (χ2n) is 7.10. The molecule has 3 rings (SSSR count). The van der Waals surface area contributed by atoms with Gasteiger partial charge in [0.2, 0.25) is 0 Å². The first-order chi connectivity index (χ1) is 9.38. The van der Waals surface area contributed by atoms with Crippen molar-refractivity contribution >= 4 is 11.6 Å². The van der Waals surface area contributed by atoms with E-state index in [1.807, 2.05) is 32.9 Å². The van der Waals surface area contributed by atoms with Gasteiger partial charge in [0.1, 0.15) is 5.75 Å². The van der Waals surface area contributed by atoms with Gasteiger partial charge < -0.3 is 4.74 Å². The number of halogens is 1. The summed E-state index contributed by atoms with van der Waals surface area (Å²) in [6, 6.07) is 6.02. The van der Waals surface area contributed by atoms with Gasteiger partial charge in [-0.3, -0.25) is 0 Å². The summed E-state index contributed by atoms with van der Waals surface area (Å²) in [4.78, 5) is 0. The third-order valence-corrected chi connectivity index (χ3v) is 4.70. The van der Waals surface area contributed by atoms with E-state index in [0.29, 0.717) is 16.9 Å². The van der Waals surface area contributed by atoms with E-state index in [0.717, 1.165) is 10.8 Å². The zero-order valence-electron chi connectivity index (χ0n) is 13.4. The summed E-state index contributed by atoms with van der Waals surface area (Å²) in [5.74, 6) is 0.848. The standard InChI is InChI=1S/C16H21ClO.C2H6/c1-11-4-5-14(13(17)6-11)18-12-7-16(8-12)9-15(2,3)10-16;1-2/h4-6,12H,7-10H2,1-3H3;1-2H3. The molecule has 0 atom stereocenters. The van der Waals surface area contributed by atoms with Crippen LogP contribution in [-0.4, -0.2) is 6.10 Å². The minimum atomic E-state index is 0.376. The van der Waals surface area contributed by atoms with Crippen molar-refractivity contribution in [3.63, 3.8) is 0 Å². The molecule has 2 aliphatic rings. The van der Waals surface area contributed by atoms with Crippen LogP contribution in [0.15, 0.2) is 18.2 Å². The number of hydrogen-bond acceptors (Lipinski definition) is 1. The van der Waals surface area contributed by atoms with Gasteiger partial charge in [0, 0.05) is 0 Å². The molecule has 1 aromatic rings. The van der Waals surface area contributed by atoms with Crippen LogP contribution in [0.5, 0.6) is 5.75 Å². The van der Waals surface area contributed by atoms with E-state index < -0.39 is 0 Å². The lowest BCUT2D eigenvalue weighted by molar-refractivity contribution is -0.132. The number of ether oxygens (including phenoxy) is 1. The maximum atomic E-state index is 6.19. The summed E-state index contributed by atoms with van der Waals surface area (Å²) < 4.78 is 6.00. The summed E-state index contributed by atoms with van der Waals surface area (Å²) >= 11 is 6.19. The van der Waals surface area contributed by atoms with Crippen LogP contribution in [0.4, 0.5) is 0 Å². The zero-order valence-corrected chi connectivity index (χ0v) is 14.2. The van der Waals surface area contributed by atoms with Crippen LogP contribution < -0.4 is 4.74 Å². The van der Waals surface area contributed by atoms with E-state index in [1.165, 1.54) is 31.2 Å². The predicted octanol–water partition coefficient (Wildman–Crippen LogP) is 6.02. The molecular weight excluding hydrogens is 268 g/mol. The Morgan fingerprint density at radius 1 is 1.15 bits per heavy atom. The van der Waals surface area contributed by atoms with Crippen molar-refractivity contribution in [1.82, 2.24) is 0 Å². The minimum Gasteiger partial charge on any atom is -0.489 e. The third-order valence-electron chi connectivity index (χ3n) is 4.41. The molecule has 0 amide bonds. The van der Waals surface area contributed by atoms with E-state index in [9.17, 15) is 0 Å². The molecule has 0 radical (unpaired) electrons. The highest BCUT2D eigenvalue weighted by Crippen LogP contribution is 2.64. The molecule has 2 saturated carbocycles. The predicted molar refractivity (Wildman–Crippen MR) is 86.6 cm³/mol. The Hall–Kier alpha value is -0.690. The molecule has 0 bridgehead atoms. The first kappa shape index (κ1) is 15.7. The average molecular weight is 295 g/mol. The van der Waals surface area contributed by atoms with Crippen LogP contribution in [0.1, 0.15) is 58.9 Å². The summed E-state index contributed by atoms with van der Waals surface area (Å²) in [5.41, 5.74) is 2.34. The van der Waals surface area contributed by atoms with E-state index in [2.05, 4.69) is 19.9 Å². The van der Waals surface area contributed by atoms with Gasteiger partial charge in [0.25, 0.3) is 0 Å². The molecule has 2 aliphatic carbocycles. The lowest BCUT2D eigenvalue weighted by atomic mass is 9.45. The van der Waals surface area contributed by atoms with Crippen molar-refractivity contribution in [3.8, 4) is 5.75 Å². The fraction of sp³-hybridized carbons (Fsp3) is 0.667. The number of hydrogen-bond donors (Lipinski definition) is 0. The monoisotopic (exact) mass is 294 g/mol. The van der Waals surface area contributed by atoms with Crippen molar-refractivity contribution in [1.29, 1.82) is 0 Å². The average Bonchev–Trinajstić information content (AvgIpc) is 2.30. The van der Waals surface area contributed by atoms with E-state index in [-0.39, 0.29) is 0 Å². The first-order valence-corrected chi connectivity index (χ1v) is 8.18. The Morgan fingerprint density at radius 3 is 2.25 bits per heavy atom. The number of benzene rings is 1. The van der Waals surface area contributed by atoms with Crippen molar-refractivity contribution in [2.24, 2.45) is 10.8 Å². The van der Waals surface area contributed by atoms with Gasteiger partial charge in [-0.25, -0.2) is 0 Å². The van der Waals surface area contributed by atoms with Crippen LogP contribution in [0.2, 0.25) is 5.02 Å². The summed E-state index contributed by atoms with van der Waals surface area (Å²) in [7, 11) is 0.